The molecule has 190 valence electrons. The van der Waals surface area contributed by atoms with Gasteiger partial charge in [0.15, 0.2) is 5.82 Å². The molecule has 8 heteroatoms. The number of halogens is 1. The number of aryl methyl sites for hydroxylation is 1. The monoisotopic (exact) mass is 591 g/mol. The highest BCUT2D eigenvalue weighted by molar-refractivity contribution is 9.10. The summed E-state index contributed by atoms with van der Waals surface area (Å²) in [4.78, 5) is 19.0. The summed E-state index contributed by atoms with van der Waals surface area (Å²) >= 11 is 4.97. The summed E-state index contributed by atoms with van der Waals surface area (Å²) in [6.45, 7) is 2.07. The first-order valence-electron chi connectivity index (χ1n) is 12.3. The van der Waals surface area contributed by atoms with Gasteiger partial charge in [-0.1, -0.05) is 76.1 Å². The lowest BCUT2D eigenvalue weighted by Crippen LogP contribution is -2.23. The minimum absolute atomic E-state index is 0.165. The van der Waals surface area contributed by atoms with E-state index in [-0.39, 0.29) is 5.56 Å². The van der Waals surface area contributed by atoms with E-state index in [0.717, 1.165) is 21.4 Å². The Bertz CT molecular complexity index is 1940. The van der Waals surface area contributed by atoms with E-state index in [1.165, 1.54) is 23.1 Å². The summed E-state index contributed by atoms with van der Waals surface area (Å²) in [5.41, 5.74) is 5.41. The van der Waals surface area contributed by atoms with Gasteiger partial charge in [0.2, 0.25) is 4.80 Å². The van der Waals surface area contributed by atoms with Crippen LogP contribution >= 0.6 is 27.3 Å². The number of fused-ring (bicyclic) bond motifs is 1. The maximum absolute atomic E-state index is 13.5. The molecular formula is C31H22BrN5OS. The molecule has 39 heavy (non-hydrogen) atoms. The lowest BCUT2D eigenvalue weighted by atomic mass is 10.1. The third-order valence-corrected chi connectivity index (χ3v) is 7.62. The zero-order chi connectivity index (χ0) is 26.8. The van der Waals surface area contributed by atoms with Gasteiger partial charge in [-0.15, -0.1) is 16.4 Å². The fraction of sp³-hybridized carbons (Fsp3) is 0.0323. The van der Waals surface area contributed by atoms with Gasteiger partial charge in [0.25, 0.3) is 5.56 Å². The van der Waals surface area contributed by atoms with E-state index >= 15 is 0 Å². The fourth-order valence-electron chi connectivity index (χ4n) is 4.34. The minimum atomic E-state index is -0.165. The molecule has 4 aromatic carbocycles. The Morgan fingerprint density at radius 3 is 2.26 bits per heavy atom. The first kappa shape index (κ1) is 24.9. The van der Waals surface area contributed by atoms with Gasteiger partial charge in [0.05, 0.1) is 28.5 Å². The summed E-state index contributed by atoms with van der Waals surface area (Å²) in [5.74, 6) is 0.395. The highest BCUT2D eigenvalue weighted by Crippen LogP contribution is 2.23. The predicted octanol–water partition coefficient (Wildman–Crippen LogP) is 6.91. The molecule has 2 heterocycles. The van der Waals surface area contributed by atoms with Crippen LogP contribution in [0.4, 0.5) is 0 Å². The van der Waals surface area contributed by atoms with Crippen LogP contribution in [0.2, 0.25) is 0 Å². The second kappa shape index (κ2) is 10.8. The Hall–Kier alpha value is -4.40. The van der Waals surface area contributed by atoms with Gasteiger partial charge in [-0.3, -0.25) is 13.9 Å². The quantitative estimate of drug-likeness (QED) is 0.161. The molecule has 0 aliphatic rings. The number of rotatable bonds is 5. The minimum Gasteiger partial charge on any atom is -0.284 e. The first-order chi connectivity index (χ1) is 19.1. The van der Waals surface area contributed by atoms with Gasteiger partial charge in [0, 0.05) is 15.5 Å². The molecule has 0 spiro atoms. The summed E-state index contributed by atoms with van der Waals surface area (Å²) < 4.78 is 4.57. The lowest BCUT2D eigenvalue weighted by molar-refractivity contribution is 0.938. The van der Waals surface area contributed by atoms with E-state index in [1.807, 2.05) is 60.7 Å². The van der Waals surface area contributed by atoms with Crippen LogP contribution in [0.5, 0.6) is 0 Å². The number of para-hydroxylation sites is 1. The van der Waals surface area contributed by atoms with Crippen LogP contribution in [0.25, 0.3) is 33.5 Å². The standard InChI is InChI=1S/C31H22BrN5OS/c1-21-11-15-24(16-12-21)36-28(22-7-3-2-4-8-22)20-39-31(36)35-33-19-29-34-27-10-6-5-9-26(27)30(38)37(29)25-17-13-23(32)14-18-25/h2-20H,1H3/b33-19+,35-31-. The molecule has 0 amide bonds. The molecule has 2 aromatic heterocycles. The Balaban J connectivity index is 1.51. The van der Waals surface area contributed by atoms with Gasteiger partial charge in [0.1, 0.15) is 0 Å². The largest absolute Gasteiger partial charge is 0.284 e. The summed E-state index contributed by atoms with van der Waals surface area (Å²) in [7, 11) is 0. The highest BCUT2D eigenvalue weighted by Gasteiger charge is 2.12. The van der Waals surface area contributed by atoms with Crippen LogP contribution in [0.3, 0.4) is 0 Å². The molecule has 0 atom stereocenters. The Labute approximate surface area is 237 Å². The van der Waals surface area contributed by atoms with Crippen LogP contribution in [-0.2, 0) is 0 Å². The molecular weight excluding hydrogens is 570 g/mol. The molecule has 6 aromatic rings. The van der Waals surface area contributed by atoms with Crippen molar-refractivity contribution in [3.8, 4) is 22.6 Å². The van der Waals surface area contributed by atoms with Crippen molar-refractivity contribution in [2.75, 3.05) is 0 Å². The number of hydrogen-bond acceptors (Lipinski definition) is 5. The van der Waals surface area contributed by atoms with Gasteiger partial charge >= 0.3 is 0 Å². The van der Waals surface area contributed by atoms with Crippen molar-refractivity contribution in [3.63, 3.8) is 0 Å². The topological polar surface area (TPSA) is 64.5 Å². The third-order valence-electron chi connectivity index (χ3n) is 6.27. The molecule has 6 rings (SSSR count). The molecule has 0 unspecified atom stereocenters. The zero-order valence-electron chi connectivity index (χ0n) is 20.9. The van der Waals surface area contributed by atoms with Gasteiger partial charge in [-0.05, 0) is 61.0 Å². The van der Waals surface area contributed by atoms with Crippen LogP contribution < -0.4 is 10.4 Å². The van der Waals surface area contributed by atoms with E-state index in [1.54, 1.807) is 10.6 Å². The van der Waals surface area contributed by atoms with E-state index in [4.69, 9.17) is 4.98 Å². The number of benzene rings is 4. The molecule has 0 bridgehead atoms. The van der Waals surface area contributed by atoms with Crippen molar-refractivity contribution in [2.24, 2.45) is 10.2 Å². The summed E-state index contributed by atoms with van der Waals surface area (Å²) in [5, 5.41) is 11.6. The van der Waals surface area contributed by atoms with Crippen LogP contribution in [0.15, 0.2) is 128 Å². The highest BCUT2D eigenvalue weighted by atomic mass is 79.9. The lowest BCUT2D eigenvalue weighted by Gasteiger charge is -2.11. The Morgan fingerprint density at radius 1 is 0.821 bits per heavy atom. The van der Waals surface area contributed by atoms with Gasteiger partial charge < -0.3 is 0 Å². The molecule has 0 radical (unpaired) electrons. The molecule has 0 aliphatic heterocycles. The Morgan fingerprint density at radius 2 is 1.49 bits per heavy atom. The normalized spacial score (nSPS) is 12.0. The average molecular weight is 593 g/mol. The van der Waals surface area contributed by atoms with Crippen molar-refractivity contribution < 1.29 is 0 Å². The van der Waals surface area contributed by atoms with Crippen LogP contribution in [0.1, 0.15) is 11.4 Å². The average Bonchev–Trinajstić information content (AvgIpc) is 3.39. The second-order valence-electron chi connectivity index (χ2n) is 8.89. The summed E-state index contributed by atoms with van der Waals surface area (Å²) in [6.07, 6.45) is 1.54. The SMILES string of the molecule is Cc1ccc(-n2c(-c3ccccc3)cs/c2=N\N=C\c2nc3ccccc3c(=O)n2-c2ccc(Br)cc2)cc1. The van der Waals surface area contributed by atoms with Crippen molar-refractivity contribution in [2.45, 2.75) is 6.92 Å². The second-order valence-corrected chi connectivity index (χ2v) is 10.6. The molecule has 0 saturated carbocycles. The fourth-order valence-corrected chi connectivity index (χ4v) is 5.47. The Kier molecular flexibility index (Phi) is 6.87. The maximum atomic E-state index is 13.5. The maximum Gasteiger partial charge on any atom is 0.266 e. The zero-order valence-corrected chi connectivity index (χ0v) is 23.3. The van der Waals surface area contributed by atoms with E-state index in [2.05, 4.69) is 79.4 Å². The van der Waals surface area contributed by atoms with E-state index < -0.39 is 0 Å². The van der Waals surface area contributed by atoms with Gasteiger partial charge in [-0.25, -0.2) is 4.98 Å². The first-order valence-corrected chi connectivity index (χ1v) is 13.9. The molecule has 6 nitrogen and oxygen atoms in total. The smallest absolute Gasteiger partial charge is 0.266 e. The van der Waals surface area contributed by atoms with Crippen molar-refractivity contribution in [1.82, 2.24) is 14.1 Å². The van der Waals surface area contributed by atoms with Crippen molar-refractivity contribution >= 4 is 44.4 Å². The summed E-state index contributed by atoms with van der Waals surface area (Å²) in [6, 6.07) is 33.4. The third kappa shape index (κ3) is 5.04. The van der Waals surface area contributed by atoms with Crippen molar-refractivity contribution in [3.05, 3.63) is 140 Å². The number of hydrogen-bond donors (Lipinski definition) is 0. The predicted molar refractivity (Wildman–Crippen MR) is 162 cm³/mol. The number of thiazole rings is 1. The van der Waals surface area contributed by atoms with Crippen molar-refractivity contribution in [1.29, 1.82) is 0 Å². The number of nitrogens with zero attached hydrogens (tertiary/aromatic N) is 5. The van der Waals surface area contributed by atoms with Gasteiger partial charge in [-0.2, -0.15) is 5.10 Å². The van der Waals surface area contributed by atoms with E-state index in [9.17, 15) is 4.79 Å². The molecule has 0 aliphatic carbocycles. The molecule has 0 saturated heterocycles. The van der Waals surface area contributed by atoms with Crippen LogP contribution in [-0.4, -0.2) is 20.3 Å². The molecule has 0 fully saturated rings. The molecule has 0 N–H and O–H groups in total. The van der Waals surface area contributed by atoms with Crippen LogP contribution in [0, 0.1) is 6.92 Å². The number of aromatic nitrogens is 3. The van der Waals surface area contributed by atoms with E-state index in [0.29, 0.717) is 27.2 Å².